The number of hydrogen-bond acceptors (Lipinski definition) is 6. The van der Waals surface area contributed by atoms with Crippen molar-refractivity contribution >= 4 is 38.8 Å². The van der Waals surface area contributed by atoms with Crippen LogP contribution >= 0.6 is 11.3 Å². The fourth-order valence-corrected chi connectivity index (χ4v) is 3.65. The van der Waals surface area contributed by atoms with Crippen LogP contribution in [0.5, 0.6) is 0 Å². The van der Waals surface area contributed by atoms with Crippen LogP contribution < -0.4 is 11.1 Å². The molecule has 3 N–H and O–H groups in total. The first-order valence-electron chi connectivity index (χ1n) is 6.84. The summed E-state index contributed by atoms with van der Waals surface area (Å²) in [5.41, 5.74) is 8.24. The number of fused-ring (bicyclic) bond motifs is 2. The third-order valence-corrected chi connectivity index (χ3v) is 5.10. The molecular formula is C13H14N6OS. The Hall–Kier alpha value is -2.22. The number of nitrogens with zero attached hydrogens (tertiary/aromatic N) is 4. The van der Waals surface area contributed by atoms with E-state index in [1.54, 1.807) is 10.8 Å². The Bertz CT molecular complexity index is 862. The van der Waals surface area contributed by atoms with E-state index in [0.717, 1.165) is 28.6 Å². The van der Waals surface area contributed by atoms with Gasteiger partial charge in [-0.15, -0.1) is 21.5 Å². The van der Waals surface area contributed by atoms with Gasteiger partial charge in [-0.05, 0) is 26.2 Å². The van der Waals surface area contributed by atoms with Gasteiger partial charge in [-0.3, -0.25) is 4.79 Å². The molecule has 1 aliphatic rings. The van der Waals surface area contributed by atoms with E-state index in [-0.39, 0.29) is 11.9 Å². The zero-order valence-corrected chi connectivity index (χ0v) is 12.3. The Morgan fingerprint density at radius 3 is 3.05 bits per heavy atom. The van der Waals surface area contributed by atoms with Gasteiger partial charge in [0.2, 0.25) is 0 Å². The number of thiophene rings is 1. The molecule has 8 heteroatoms. The number of aryl methyl sites for hydroxylation is 1. The van der Waals surface area contributed by atoms with Crippen molar-refractivity contribution in [3.05, 3.63) is 16.8 Å². The lowest BCUT2D eigenvalue weighted by Gasteiger charge is -2.26. The van der Waals surface area contributed by atoms with E-state index in [0.29, 0.717) is 16.2 Å². The summed E-state index contributed by atoms with van der Waals surface area (Å²) in [6.07, 6.45) is 4.82. The minimum absolute atomic E-state index is 0.102. The van der Waals surface area contributed by atoms with Crippen molar-refractivity contribution in [2.75, 3.05) is 5.73 Å². The Kier molecular flexibility index (Phi) is 2.61. The highest BCUT2D eigenvalue weighted by Crippen LogP contribution is 2.35. The number of rotatable bonds is 2. The number of hydrogen-bond donors (Lipinski definition) is 2. The number of anilines is 1. The molecule has 3 aromatic rings. The second kappa shape index (κ2) is 4.39. The number of nitrogens with two attached hydrogens (primary N) is 1. The quantitative estimate of drug-likeness (QED) is 0.747. The Morgan fingerprint density at radius 2 is 2.33 bits per heavy atom. The summed E-state index contributed by atoms with van der Waals surface area (Å²) in [4.78, 5) is 13.6. The maximum absolute atomic E-state index is 12.3. The minimum atomic E-state index is -0.102. The smallest absolute Gasteiger partial charge is 0.263 e. The average molecular weight is 302 g/mol. The van der Waals surface area contributed by atoms with Gasteiger partial charge in [0.05, 0.1) is 5.69 Å². The van der Waals surface area contributed by atoms with Crippen LogP contribution in [0.2, 0.25) is 0 Å². The molecule has 0 aliphatic heterocycles. The highest BCUT2D eigenvalue weighted by atomic mass is 32.1. The van der Waals surface area contributed by atoms with Crippen molar-refractivity contribution in [3.63, 3.8) is 0 Å². The van der Waals surface area contributed by atoms with Gasteiger partial charge in [0.25, 0.3) is 5.91 Å². The third kappa shape index (κ3) is 1.79. The standard InChI is InChI=1S/C13H14N6OS/c1-6-8-9(14)10(12(20)16-7-3-2-4-7)21-13(8)18-19-5-15-17-11(6)19/h5,7H,2-4,14H2,1H3,(H,16,20). The van der Waals surface area contributed by atoms with E-state index in [4.69, 9.17) is 5.73 Å². The first-order chi connectivity index (χ1) is 10.1. The number of aromatic nitrogens is 4. The highest BCUT2D eigenvalue weighted by molar-refractivity contribution is 7.21. The summed E-state index contributed by atoms with van der Waals surface area (Å²) in [5.74, 6) is -0.102. The Labute approximate surface area is 124 Å². The third-order valence-electron chi connectivity index (χ3n) is 4.01. The second-order valence-corrected chi connectivity index (χ2v) is 6.35. The van der Waals surface area contributed by atoms with Crippen LogP contribution in [-0.2, 0) is 0 Å². The van der Waals surface area contributed by atoms with E-state index < -0.39 is 0 Å². The van der Waals surface area contributed by atoms with Crippen molar-refractivity contribution in [2.24, 2.45) is 0 Å². The van der Waals surface area contributed by atoms with Gasteiger partial charge in [0.15, 0.2) is 5.65 Å². The van der Waals surface area contributed by atoms with Crippen LogP contribution in [0.25, 0.3) is 15.9 Å². The molecule has 0 unspecified atom stereocenters. The zero-order valence-electron chi connectivity index (χ0n) is 11.5. The highest BCUT2D eigenvalue weighted by Gasteiger charge is 2.25. The van der Waals surface area contributed by atoms with Gasteiger partial charge in [-0.25, -0.2) is 0 Å². The van der Waals surface area contributed by atoms with Gasteiger partial charge < -0.3 is 11.1 Å². The minimum Gasteiger partial charge on any atom is -0.397 e. The summed E-state index contributed by atoms with van der Waals surface area (Å²) < 4.78 is 1.61. The number of carbonyl (C=O) groups is 1. The SMILES string of the molecule is Cc1c2c(N)c(C(=O)NC3CCC3)sc2nn2cnnc12. The van der Waals surface area contributed by atoms with Crippen molar-refractivity contribution in [1.29, 1.82) is 0 Å². The maximum atomic E-state index is 12.3. The lowest BCUT2D eigenvalue weighted by atomic mass is 9.93. The van der Waals surface area contributed by atoms with Crippen molar-refractivity contribution in [3.8, 4) is 0 Å². The van der Waals surface area contributed by atoms with Crippen LogP contribution in [0.1, 0.15) is 34.5 Å². The molecule has 0 spiro atoms. The zero-order chi connectivity index (χ0) is 14.6. The van der Waals surface area contributed by atoms with Gasteiger partial charge >= 0.3 is 0 Å². The predicted octanol–water partition coefficient (Wildman–Crippen LogP) is 1.51. The molecular weight excluding hydrogens is 288 g/mol. The van der Waals surface area contributed by atoms with Gasteiger partial charge in [0.1, 0.15) is 16.0 Å². The number of nitrogen functional groups attached to an aromatic ring is 1. The summed E-state index contributed by atoms with van der Waals surface area (Å²) in [7, 11) is 0. The second-order valence-electron chi connectivity index (χ2n) is 5.35. The molecule has 3 aromatic heterocycles. The van der Waals surface area contributed by atoms with Crippen LogP contribution in [0, 0.1) is 6.92 Å². The number of carbonyl (C=O) groups excluding carboxylic acids is 1. The van der Waals surface area contributed by atoms with Crippen LogP contribution in [-0.4, -0.2) is 31.8 Å². The van der Waals surface area contributed by atoms with E-state index in [9.17, 15) is 4.79 Å². The van der Waals surface area contributed by atoms with Crippen LogP contribution in [0.3, 0.4) is 0 Å². The normalized spacial score (nSPS) is 15.5. The molecule has 0 atom stereocenters. The monoisotopic (exact) mass is 302 g/mol. The van der Waals surface area contributed by atoms with Crippen molar-refractivity contribution in [2.45, 2.75) is 32.2 Å². The average Bonchev–Trinajstić information content (AvgIpc) is 2.99. The van der Waals surface area contributed by atoms with Crippen molar-refractivity contribution < 1.29 is 4.79 Å². The number of nitrogens with one attached hydrogen (secondary N) is 1. The van der Waals surface area contributed by atoms with E-state index in [1.165, 1.54) is 17.8 Å². The topological polar surface area (TPSA) is 98.2 Å². The van der Waals surface area contributed by atoms with Gasteiger partial charge in [0, 0.05) is 17.0 Å². The van der Waals surface area contributed by atoms with Crippen molar-refractivity contribution in [1.82, 2.24) is 25.1 Å². The Morgan fingerprint density at radius 1 is 1.52 bits per heavy atom. The summed E-state index contributed by atoms with van der Waals surface area (Å²) >= 11 is 1.32. The molecule has 7 nitrogen and oxygen atoms in total. The number of amides is 1. The molecule has 0 aromatic carbocycles. The maximum Gasteiger partial charge on any atom is 0.263 e. The van der Waals surface area contributed by atoms with Crippen LogP contribution in [0.4, 0.5) is 5.69 Å². The predicted molar refractivity (Wildman–Crippen MR) is 80.4 cm³/mol. The van der Waals surface area contributed by atoms with E-state index in [1.807, 2.05) is 6.92 Å². The molecule has 1 amide bonds. The first-order valence-corrected chi connectivity index (χ1v) is 7.66. The van der Waals surface area contributed by atoms with Crippen LogP contribution in [0.15, 0.2) is 6.33 Å². The molecule has 108 valence electrons. The molecule has 4 rings (SSSR count). The fourth-order valence-electron chi connectivity index (χ4n) is 2.60. The first kappa shape index (κ1) is 12.5. The van der Waals surface area contributed by atoms with Gasteiger partial charge in [-0.2, -0.15) is 9.61 Å². The van der Waals surface area contributed by atoms with Gasteiger partial charge in [-0.1, -0.05) is 0 Å². The van der Waals surface area contributed by atoms with E-state index in [2.05, 4.69) is 20.6 Å². The molecule has 21 heavy (non-hydrogen) atoms. The molecule has 1 aliphatic carbocycles. The van der Waals surface area contributed by atoms with E-state index >= 15 is 0 Å². The summed E-state index contributed by atoms with van der Waals surface area (Å²) in [5, 5.41) is 16.1. The lowest BCUT2D eigenvalue weighted by molar-refractivity contribution is 0.0922. The molecule has 1 saturated carbocycles. The molecule has 1 fully saturated rings. The largest absolute Gasteiger partial charge is 0.397 e. The lowest BCUT2D eigenvalue weighted by Crippen LogP contribution is -2.39. The molecule has 0 bridgehead atoms. The molecule has 0 radical (unpaired) electrons. The Balaban J connectivity index is 1.84. The fraction of sp³-hybridized carbons (Fsp3) is 0.385. The molecule has 3 heterocycles. The molecule has 0 saturated heterocycles. The summed E-state index contributed by atoms with van der Waals surface area (Å²) in [6.45, 7) is 1.92. The summed E-state index contributed by atoms with van der Waals surface area (Å²) in [6, 6.07) is 0.290.